The monoisotopic (exact) mass is 375 g/mol. The van der Waals surface area contributed by atoms with Crippen LogP contribution in [0.3, 0.4) is 0 Å². The standard InChI is InChI=1S/C19H22ClN3OS/c20-17-6-3-7-18(12-17)22-19(25)21-13-15-4-1-2-5-16(15)14-23-8-10-24-11-9-23/h1-7,12H,8-11,13-14H2,(H2,21,22,25). The van der Waals surface area contributed by atoms with Crippen LogP contribution in [0.25, 0.3) is 0 Å². The number of hydrogen-bond donors (Lipinski definition) is 2. The number of hydrogen-bond acceptors (Lipinski definition) is 3. The molecule has 4 nitrogen and oxygen atoms in total. The SMILES string of the molecule is S=C(NCc1ccccc1CN1CCOCC1)Nc1cccc(Cl)c1. The van der Waals surface area contributed by atoms with E-state index in [9.17, 15) is 0 Å². The number of anilines is 1. The zero-order chi connectivity index (χ0) is 17.5. The summed E-state index contributed by atoms with van der Waals surface area (Å²) in [4.78, 5) is 2.42. The molecule has 6 heteroatoms. The number of benzene rings is 2. The molecule has 1 aliphatic rings. The molecule has 1 saturated heterocycles. The molecule has 0 aliphatic carbocycles. The molecular weight excluding hydrogens is 354 g/mol. The van der Waals surface area contributed by atoms with Gasteiger partial charge in [-0.15, -0.1) is 0 Å². The van der Waals surface area contributed by atoms with Crippen molar-refractivity contribution in [3.8, 4) is 0 Å². The third-order valence-corrected chi connectivity index (χ3v) is 4.62. The van der Waals surface area contributed by atoms with Crippen molar-refractivity contribution < 1.29 is 4.74 Å². The number of nitrogens with one attached hydrogen (secondary N) is 2. The lowest BCUT2D eigenvalue weighted by Gasteiger charge is -2.27. The maximum absolute atomic E-state index is 6.00. The van der Waals surface area contributed by atoms with E-state index in [2.05, 4.69) is 39.8 Å². The van der Waals surface area contributed by atoms with E-state index >= 15 is 0 Å². The van der Waals surface area contributed by atoms with Gasteiger partial charge in [-0.3, -0.25) is 4.90 Å². The number of halogens is 1. The van der Waals surface area contributed by atoms with Crippen molar-refractivity contribution in [2.24, 2.45) is 0 Å². The summed E-state index contributed by atoms with van der Waals surface area (Å²) in [5.41, 5.74) is 3.46. The van der Waals surface area contributed by atoms with E-state index in [1.165, 1.54) is 11.1 Å². The van der Waals surface area contributed by atoms with Crippen molar-refractivity contribution in [2.45, 2.75) is 13.1 Å². The van der Waals surface area contributed by atoms with Gasteiger partial charge >= 0.3 is 0 Å². The molecule has 1 fully saturated rings. The van der Waals surface area contributed by atoms with Gasteiger partial charge in [0.05, 0.1) is 13.2 Å². The van der Waals surface area contributed by atoms with Crippen LogP contribution in [0.4, 0.5) is 5.69 Å². The summed E-state index contributed by atoms with van der Waals surface area (Å²) < 4.78 is 5.42. The van der Waals surface area contributed by atoms with Crippen LogP contribution in [0.2, 0.25) is 5.02 Å². The van der Waals surface area contributed by atoms with Gasteiger partial charge in [0.25, 0.3) is 0 Å². The summed E-state index contributed by atoms with van der Waals surface area (Å²) in [5, 5.41) is 7.71. The Morgan fingerprint density at radius 3 is 2.60 bits per heavy atom. The van der Waals surface area contributed by atoms with E-state index in [0.717, 1.165) is 38.5 Å². The molecule has 0 radical (unpaired) electrons. The summed E-state index contributed by atoms with van der Waals surface area (Å²) in [6.45, 7) is 5.22. The minimum atomic E-state index is 0.587. The molecule has 1 aliphatic heterocycles. The summed E-state index contributed by atoms with van der Waals surface area (Å²) in [7, 11) is 0. The maximum Gasteiger partial charge on any atom is 0.171 e. The molecule has 2 aromatic rings. The molecule has 0 amide bonds. The molecule has 0 atom stereocenters. The number of nitrogens with zero attached hydrogens (tertiary/aromatic N) is 1. The van der Waals surface area contributed by atoms with Crippen molar-refractivity contribution >= 4 is 34.6 Å². The van der Waals surface area contributed by atoms with Gasteiger partial charge in [0.1, 0.15) is 0 Å². The molecule has 3 rings (SSSR count). The first-order valence-corrected chi connectivity index (χ1v) is 9.16. The Hall–Kier alpha value is -1.66. The van der Waals surface area contributed by atoms with Crippen molar-refractivity contribution in [3.05, 3.63) is 64.7 Å². The third kappa shape index (κ3) is 5.68. The number of thiocarbonyl (C=S) groups is 1. The van der Waals surface area contributed by atoms with Crippen molar-refractivity contribution in [1.29, 1.82) is 0 Å². The van der Waals surface area contributed by atoms with E-state index < -0.39 is 0 Å². The van der Waals surface area contributed by atoms with Crippen LogP contribution >= 0.6 is 23.8 Å². The number of rotatable bonds is 5. The largest absolute Gasteiger partial charge is 0.379 e. The summed E-state index contributed by atoms with van der Waals surface area (Å²) in [6, 6.07) is 16.0. The lowest BCUT2D eigenvalue weighted by molar-refractivity contribution is 0.0341. The van der Waals surface area contributed by atoms with Gasteiger partial charge in [-0.2, -0.15) is 0 Å². The highest BCUT2D eigenvalue weighted by atomic mass is 35.5. The normalized spacial score (nSPS) is 14.9. The van der Waals surface area contributed by atoms with Gasteiger partial charge in [0.15, 0.2) is 5.11 Å². The zero-order valence-electron chi connectivity index (χ0n) is 14.0. The van der Waals surface area contributed by atoms with E-state index in [1.807, 2.05) is 24.3 Å². The topological polar surface area (TPSA) is 36.5 Å². The first-order chi connectivity index (χ1) is 12.2. The molecule has 0 aromatic heterocycles. The summed E-state index contributed by atoms with van der Waals surface area (Å²) in [5.74, 6) is 0. The zero-order valence-corrected chi connectivity index (χ0v) is 15.6. The van der Waals surface area contributed by atoms with Gasteiger partial charge in [0, 0.05) is 36.9 Å². The van der Waals surface area contributed by atoms with Gasteiger partial charge in [0.2, 0.25) is 0 Å². The lowest BCUT2D eigenvalue weighted by atomic mass is 10.1. The van der Waals surface area contributed by atoms with Gasteiger partial charge in [-0.1, -0.05) is 41.9 Å². The Morgan fingerprint density at radius 2 is 1.84 bits per heavy atom. The first kappa shape index (κ1) is 18.1. The van der Waals surface area contributed by atoms with Crippen LogP contribution in [-0.4, -0.2) is 36.3 Å². The second-order valence-electron chi connectivity index (χ2n) is 5.98. The fourth-order valence-electron chi connectivity index (χ4n) is 2.80. The van der Waals surface area contributed by atoms with Crippen molar-refractivity contribution in [3.63, 3.8) is 0 Å². The lowest BCUT2D eigenvalue weighted by Crippen LogP contribution is -2.36. The van der Waals surface area contributed by atoms with E-state index in [1.54, 1.807) is 0 Å². The molecule has 0 saturated carbocycles. The molecule has 0 bridgehead atoms. The smallest absolute Gasteiger partial charge is 0.171 e. The summed E-state index contributed by atoms with van der Waals surface area (Å²) >= 11 is 11.4. The van der Waals surface area contributed by atoms with Crippen LogP contribution < -0.4 is 10.6 Å². The van der Waals surface area contributed by atoms with Crippen LogP contribution in [0, 0.1) is 0 Å². The first-order valence-electron chi connectivity index (χ1n) is 8.38. The van der Waals surface area contributed by atoms with Gasteiger partial charge < -0.3 is 15.4 Å². The van der Waals surface area contributed by atoms with Gasteiger partial charge in [-0.05, 0) is 41.5 Å². The van der Waals surface area contributed by atoms with Crippen molar-refractivity contribution in [2.75, 3.05) is 31.6 Å². The number of morpholine rings is 1. The Labute approximate surface area is 159 Å². The predicted octanol–water partition coefficient (Wildman–Crippen LogP) is 3.66. The van der Waals surface area contributed by atoms with Crippen LogP contribution in [-0.2, 0) is 17.8 Å². The van der Waals surface area contributed by atoms with E-state index in [4.69, 9.17) is 28.6 Å². The Kier molecular flexibility index (Phi) is 6.64. The van der Waals surface area contributed by atoms with Crippen LogP contribution in [0.5, 0.6) is 0 Å². The number of ether oxygens (including phenoxy) is 1. The fraction of sp³-hybridized carbons (Fsp3) is 0.316. The Bertz CT molecular complexity index is 719. The molecule has 2 N–H and O–H groups in total. The van der Waals surface area contributed by atoms with Crippen molar-refractivity contribution in [1.82, 2.24) is 10.2 Å². The molecule has 0 spiro atoms. The highest BCUT2D eigenvalue weighted by molar-refractivity contribution is 7.80. The quantitative estimate of drug-likeness (QED) is 0.780. The van der Waals surface area contributed by atoms with E-state index in [0.29, 0.717) is 16.7 Å². The highest BCUT2D eigenvalue weighted by Gasteiger charge is 2.12. The highest BCUT2D eigenvalue weighted by Crippen LogP contribution is 2.15. The fourth-order valence-corrected chi connectivity index (χ4v) is 3.18. The molecule has 0 unspecified atom stereocenters. The summed E-state index contributed by atoms with van der Waals surface area (Å²) in [6.07, 6.45) is 0. The average molecular weight is 376 g/mol. The van der Waals surface area contributed by atoms with Crippen LogP contribution in [0.15, 0.2) is 48.5 Å². The predicted molar refractivity (Wildman–Crippen MR) is 107 cm³/mol. The second kappa shape index (κ2) is 9.15. The van der Waals surface area contributed by atoms with E-state index in [-0.39, 0.29) is 0 Å². The minimum Gasteiger partial charge on any atom is -0.379 e. The second-order valence-corrected chi connectivity index (χ2v) is 6.82. The molecule has 2 aromatic carbocycles. The Balaban J connectivity index is 1.56. The molecular formula is C19H22ClN3OS. The maximum atomic E-state index is 6.00. The van der Waals surface area contributed by atoms with Crippen LogP contribution in [0.1, 0.15) is 11.1 Å². The molecule has 132 valence electrons. The Morgan fingerprint density at radius 1 is 1.08 bits per heavy atom. The average Bonchev–Trinajstić information content (AvgIpc) is 2.62. The third-order valence-electron chi connectivity index (χ3n) is 4.14. The molecule has 1 heterocycles. The minimum absolute atomic E-state index is 0.587. The molecule has 25 heavy (non-hydrogen) atoms. The van der Waals surface area contributed by atoms with Gasteiger partial charge in [-0.25, -0.2) is 0 Å².